The maximum Gasteiger partial charge on any atom is 0.292 e. The normalized spacial score (nSPS) is 25.6. The van der Waals surface area contributed by atoms with Gasteiger partial charge in [-0.05, 0) is 42.7 Å². The zero-order valence-corrected chi connectivity index (χ0v) is 14.0. The van der Waals surface area contributed by atoms with E-state index in [-0.39, 0.29) is 5.69 Å². The number of nitrogens with one attached hydrogen (secondary N) is 1. The third kappa shape index (κ3) is 2.96. The predicted octanol–water partition coefficient (Wildman–Crippen LogP) is 3.20. The van der Waals surface area contributed by atoms with Crippen LogP contribution in [0.3, 0.4) is 0 Å². The quantitative estimate of drug-likeness (QED) is 0.666. The molecule has 1 unspecified atom stereocenters. The van der Waals surface area contributed by atoms with Gasteiger partial charge in [-0.1, -0.05) is 0 Å². The third-order valence-corrected chi connectivity index (χ3v) is 5.99. The van der Waals surface area contributed by atoms with Gasteiger partial charge in [0.15, 0.2) is 5.79 Å². The van der Waals surface area contributed by atoms with Crippen molar-refractivity contribution in [1.29, 1.82) is 5.26 Å². The highest BCUT2D eigenvalue weighted by Crippen LogP contribution is 2.62. The molecule has 4 rings (SSSR count). The number of hydrogen-bond acceptors (Lipinski definition) is 6. The van der Waals surface area contributed by atoms with Crippen molar-refractivity contribution in [3.8, 4) is 6.07 Å². The Bertz CT molecular complexity index is 732. The summed E-state index contributed by atoms with van der Waals surface area (Å²) in [7, 11) is 0. The Morgan fingerprint density at radius 3 is 2.64 bits per heavy atom. The summed E-state index contributed by atoms with van der Waals surface area (Å²) in [6, 6.07) is 6.45. The van der Waals surface area contributed by atoms with E-state index < -0.39 is 10.7 Å². The maximum absolute atomic E-state index is 11.3. The molecule has 2 spiro atoms. The zero-order chi connectivity index (χ0) is 17.5. The molecule has 1 aliphatic heterocycles. The number of nitriles is 1. The average Bonchev–Trinajstić information content (AvgIpc) is 3.27. The van der Waals surface area contributed by atoms with Crippen LogP contribution in [0.15, 0.2) is 18.2 Å². The first-order valence-corrected chi connectivity index (χ1v) is 8.76. The van der Waals surface area contributed by atoms with Crippen LogP contribution in [0, 0.1) is 32.8 Å². The van der Waals surface area contributed by atoms with Crippen molar-refractivity contribution in [3.05, 3.63) is 33.9 Å². The minimum Gasteiger partial charge on any atom is -0.379 e. The number of nitro groups is 1. The minimum absolute atomic E-state index is 0.00253. The van der Waals surface area contributed by atoms with Crippen molar-refractivity contribution in [2.24, 2.45) is 11.3 Å². The Labute approximate surface area is 146 Å². The number of anilines is 1. The lowest BCUT2D eigenvalue weighted by Gasteiger charge is -2.41. The van der Waals surface area contributed by atoms with Crippen LogP contribution in [0.5, 0.6) is 0 Å². The molecule has 1 atom stereocenters. The van der Waals surface area contributed by atoms with Gasteiger partial charge in [-0.2, -0.15) is 5.26 Å². The Morgan fingerprint density at radius 2 is 2.00 bits per heavy atom. The smallest absolute Gasteiger partial charge is 0.292 e. The summed E-state index contributed by atoms with van der Waals surface area (Å²) in [6.07, 6.45) is 5.25. The van der Waals surface area contributed by atoms with Crippen molar-refractivity contribution in [2.75, 3.05) is 25.1 Å². The van der Waals surface area contributed by atoms with Crippen LogP contribution in [0.1, 0.15) is 37.7 Å². The summed E-state index contributed by atoms with van der Waals surface area (Å²) in [6.45, 7) is 1.91. The van der Waals surface area contributed by atoms with Crippen LogP contribution in [0.2, 0.25) is 0 Å². The molecule has 132 valence electrons. The largest absolute Gasteiger partial charge is 0.379 e. The van der Waals surface area contributed by atoms with Gasteiger partial charge in [0.1, 0.15) is 5.69 Å². The van der Waals surface area contributed by atoms with Gasteiger partial charge in [-0.3, -0.25) is 10.1 Å². The SMILES string of the molecule is N#Cc1ccc([N+](=O)[O-])c(NCC2CC3(CCC24CC4)OCCO3)c1. The highest BCUT2D eigenvalue weighted by Gasteiger charge is 2.57. The van der Waals surface area contributed by atoms with Gasteiger partial charge in [-0.15, -0.1) is 0 Å². The van der Waals surface area contributed by atoms with Crippen molar-refractivity contribution < 1.29 is 14.4 Å². The second-order valence-corrected chi connectivity index (χ2v) is 7.35. The monoisotopic (exact) mass is 343 g/mol. The predicted molar refractivity (Wildman–Crippen MR) is 89.9 cm³/mol. The van der Waals surface area contributed by atoms with E-state index >= 15 is 0 Å². The van der Waals surface area contributed by atoms with E-state index in [4.69, 9.17) is 14.7 Å². The second kappa shape index (κ2) is 5.97. The first kappa shape index (κ1) is 16.3. The number of nitro benzene ring substituents is 1. The zero-order valence-electron chi connectivity index (χ0n) is 14.0. The van der Waals surface area contributed by atoms with Gasteiger partial charge >= 0.3 is 0 Å². The minimum atomic E-state index is -0.458. The molecule has 0 bridgehead atoms. The van der Waals surface area contributed by atoms with Crippen molar-refractivity contribution in [3.63, 3.8) is 0 Å². The molecule has 25 heavy (non-hydrogen) atoms. The van der Waals surface area contributed by atoms with Crippen LogP contribution in [-0.2, 0) is 9.47 Å². The van der Waals surface area contributed by atoms with Gasteiger partial charge in [0, 0.05) is 25.5 Å². The highest BCUT2D eigenvalue weighted by atomic mass is 16.7. The average molecular weight is 343 g/mol. The molecule has 7 nitrogen and oxygen atoms in total. The van der Waals surface area contributed by atoms with E-state index in [1.807, 2.05) is 6.07 Å². The lowest BCUT2D eigenvalue weighted by Crippen LogP contribution is -2.43. The molecule has 0 radical (unpaired) electrons. The van der Waals surface area contributed by atoms with Gasteiger partial charge in [-0.25, -0.2) is 0 Å². The number of nitrogens with zero attached hydrogens (tertiary/aromatic N) is 2. The second-order valence-electron chi connectivity index (χ2n) is 7.35. The van der Waals surface area contributed by atoms with Crippen LogP contribution >= 0.6 is 0 Å². The Balaban J connectivity index is 1.52. The van der Waals surface area contributed by atoms with Gasteiger partial charge in [0.25, 0.3) is 5.69 Å². The fourth-order valence-corrected chi connectivity index (χ4v) is 4.34. The van der Waals surface area contributed by atoms with E-state index in [9.17, 15) is 10.1 Å². The third-order valence-electron chi connectivity index (χ3n) is 5.99. The molecular formula is C18H21N3O4. The first-order chi connectivity index (χ1) is 12.1. The summed E-state index contributed by atoms with van der Waals surface area (Å²) in [5, 5.41) is 23.6. The van der Waals surface area contributed by atoms with Crippen molar-refractivity contribution >= 4 is 11.4 Å². The summed E-state index contributed by atoms with van der Waals surface area (Å²) in [5.41, 5.74) is 1.15. The van der Waals surface area contributed by atoms with E-state index in [2.05, 4.69) is 5.32 Å². The molecule has 0 aromatic heterocycles. The fourth-order valence-electron chi connectivity index (χ4n) is 4.34. The van der Waals surface area contributed by atoms with Crippen LogP contribution in [-0.4, -0.2) is 30.5 Å². The van der Waals surface area contributed by atoms with Crippen LogP contribution in [0.25, 0.3) is 0 Å². The molecule has 1 saturated heterocycles. The molecule has 7 heteroatoms. The highest BCUT2D eigenvalue weighted by molar-refractivity contribution is 5.64. The van der Waals surface area contributed by atoms with Gasteiger partial charge in [0.2, 0.25) is 0 Å². The number of ether oxygens (including phenoxy) is 2. The Kier molecular flexibility index (Phi) is 3.89. The van der Waals surface area contributed by atoms with E-state index in [0.29, 0.717) is 42.3 Å². The molecule has 1 N–H and O–H groups in total. The van der Waals surface area contributed by atoms with Crippen LogP contribution in [0.4, 0.5) is 11.4 Å². The van der Waals surface area contributed by atoms with E-state index in [1.54, 1.807) is 6.07 Å². The molecule has 1 aromatic carbocycles. The standard InChI is InChI=1S/C18H21N3O4/c19-11-13-1-2-16(21(22)23)15(9-13)20-12-14-10-18(24-7-8-25-18)6-5-17(14)3-4-17/h1-2,9,14,20H,3-8,10,12H2. The molecule has 2 aliphatic carbocycles. The van der Waals surface area contributed by atoms with Gasteiger partial charge < -0.3 is 14.8 Å². The molecule has 3 aliphatic rings. The lowest BCUT2D eigenvalue weighted by molar-refractivity contribution is -0.384. The molecule has 2 saturated carbocycles. The van der Waals surface area contributed by atoms with E-state index in [1.165, 1.54) is 25.0 Å². The number of hydrogen-bond donors (Lipinski definition) is 1. The molecular weight excluding hydrogens is 322 g/mol. The fraction of sp³-hybridized carbons (Fsp3) is 0.611. The lowest BCUT2D eigenvalue weighted by atomic mass is 9.73. The van der Waals surface area contributed by atoms with Gasteiger partial charge in [0.05, 0.1) is 29.8 Å². The van der Waals surface area contributed by atoms with Crippen molar-refractivity contribution in [2.45, 2.75) is 37.9 Å². The van der Waals surface area contributed by atoms with Crippen molar-refractivity contribution in [1.82, 2.24) is 0 Å². The molecule has 1 aromatic rings. The molecule has 3 fully saturated rings. The Hall–Kier alpha value is -2.17. The van der Waals surface area contributed by atoms with Crippen LogP contribution < -0.4 is 5.32 Å². The first-order valence-electron chi connectivity index (χ1n) is 8.76. The summed E-state index contributed by atoms with van der Waals surface area (Å²) in [5.74, 6) is -0.106. The summed E-state index contributed by atoms with van der Waals surface area (Å²) in [4.78, 5) is 10.8. The maximum atomic E-state index is 11.3. The summed E-state index contributed by atoms with van der Waals surface area (Å²) < 4.78 is 11.8. The molecule has 0 amide bonds. The van der Waals surface area contributed by atoms with E-state index in [0.717, 1.165) is 19.3 Å². The number of rotatable bonds is 4. The Morgan fingerprint density at radius 1 is 1.28 bits per heavy atom. The molecule has 1 heterocycles. The number of benzene rings is 1. The summed E-state index contributed by atoms with van der Waals surface area (Å²) >= 11 is 0. The topological polar surface area (TPSA) is 97.4 Å².